The van der Waals surface area contributed by atoms with Gasteiger partial charge in [-0.15, -0.1) is 0 Å². The lowest BCUT2D eigenvalue weighted by Crippen LogP contribution is -2.47. The van der Waals surface area contributed by atoms with Crippen LogP contribution in [0.1, 0.15) is 23.5 Å². The Kier molecular flexibility index (Phi) is 5.52. The Labute approximate surface area is 181 Å². The minimum atomic E-state index is -4.55. The molecule has 2 aliphatic heterocycles. The van der Waals surface area contributed by atoms with Crippen molar-refractivity contribution >= 4 is 27.5 Å². The molecule has 4 heterocycles. The number of rotatable bonds is 5. The summed E-state index contributed by atoms with van der Waals surface area (Å²) in [6.45, 7) is -0.00490. The van der Waals surface area contributed by atoms with Crippen molar-refractivity contribution in [1.29, 1.82) is 0 Å². The van der Waals surface area contributed by atoms with Crippen LogP contribution in [0.3, 0.4) is 0 Å². The molecular weight excluding hydrogens is 457 g/mol. The third-order valence-corrected chi connectivity index (χ3v) is 6.70. The zero-order valence-corrected chi connectivity index (χ0v) is 17.7. The van der Waals surface area contributed by atoms with E-state index in [1.807, 2.05) is 0 Å². The highest BCUT2D eigenvalue weighted by atomic mass is 32.2. The van der Waals surface area contributed by atoms with Gasteiger partial charge in [0.2, 0.25) is 10.0 Å². The predicted octanol–water partition coefficient (Wildman–Crippen LogP) is 3.44. The van der Waals surface area contributed by atoms with Gasteiger partial charge in [-0.2, -0.15) is 13.2 Å². The Bertz CT molecular complexity index is 1120. The van der Waals surface area contributed by atoms with Gasteiger partial charge in [-0.25, -0.2) is 31.5 Å². The number of alkyl halides is 5. The van der Waals surface area contributed by atoms with E-state index in [1.165, 1.54) is 9.21 Å². The van der Waals surface area contributed by atoms with Crippen LogP contribution < -0.4 is 10.2 Å². The van der Waals surface area contributed by atoms with Gasteiger partial charge in [0.25, 0.3) is 5.92 Å². The summed E-state index contributed by atoms with van der Waals surface area (Å²) in [6, 6.07) is 4.86. The van der Waals surface area contributed by atoms with Gasteiger partial charge in [-0.05, 0) is 29.8 Å². The number of halogens is 5. The maximum atomic E-state index is 13.7. The van der Waals surface area contributed by atoms with Gasteiger partial charge in [0.05, 0.1) is 18.4 Å². The Morgan fingerprint density at radius 1 is 1.16 bits per heavy atom. The van der Waals surface area contributed by atoms with Crippen molar-refractivity contribution in [1.82, 2.24) is 14.3 Å². The van der Waals surface area contributed by atoms with Gasteiger partial charge in [-0.1, -0.05) is 0 Å². The van der Waals surface area contributed by atoms with Gasteiger partial charge >= 0.3 is 6.18 Å². The molecular formula is C19H20F5N5O2S. The minimum Gasteiger partial charge on any atom is -0.350 e. The van der Waals surface area contributed by atoms with Gasteiger partial charge in [0.1, 0.15) is 17.5 Å². The van der Waals surface area contributed by atoms with Crippen molar-refractivity contribution in [2.75, 3.05) is 42.7 Å². The van der Waals surface area contributed by atoms with Crippen molar-refractivity contribution in [2.24, 2.45) is 0 Å². The summed E-state index contributed by atoms with van der Waals surface area (Å²) in [6.07, 6.45) is -2.78. The molecule has 0 unspecified atom stereocenters. The SMILES string of the molecule is CS(=O)(=O)N1CC(c2cc(Nc3cc(C(F)(F)F)ccn3)nc(N3CCC(F)(F)C3)c2)C1. The third-order valence-electron chi connectivity index (χ3n) is 5.46. The quantitative estimate of drug-likeness (QED) is 0.665. The van der Waals surface area contributed by atoms with E-state index in [0.717, 1.165) is 24.6 Å². The van der Waals surface area contributed by atoms with Gasteiger partial charge < -0.3 is 10.2 Å². The number of aromatic nitrogens is 2. The highest BCUT2D eigenvalue weighted by Crippen LogP contribution is 2.36. The molecule has 0 spiro atoms. The average molecular weight is 477 g/mol. The van der Waals surface area contributed by atoms with Gasteiger partial charge in [-0.3, -0.25) is 0 Å². The van der Waals surface area contributed by atoms with Crippen LogP contribution in [0.25, 0.3) is 0 Å². The van der Waals surface area contributed by atoms with E-state index in [1.54, 1.807) is 12.1 Å². The number of nitrogens with one attached hydrogen (secondary N) is 1. The molecule has 2 aromatic heterocycles. The number of hydrogen-bond donors (Lipinski definition) is 1. The van der Waals surface area contributed by atoms with Crippen molar-refractivity contribution in [3.8, 4) is 0 Å². The lowest BCUT2D eigenvalue weighted by molar-refractivity contribution is -0.137. The zero-order valence-electron chi connectivity index (χ0n) is 16.9. The summed E-state index contributed by atoms with van der Waals surface area (Å²) in [5.74, 6) is -2.78. The first-order chi connectivity index (χ1) is 14.8. The van der Waals surface area contributed by atoms with Crippen LogP contribution in [0.4, 0.5) is 39.4 Å². The van der Waals surface area contributed by atoms with Crippen LogP contribution in [0.2, 0.25) is 0 Å². The molecule has 0 saturated carbocycles. The van der Waals surface area contributed by atoms with Crippen LogP contribution in [-0.4, -0.2) is 61.0 Å². The number of pyridine rings is 2. The molecule has 2 aliphatic rings. The fraction of sp³-hybridized carbons (Fsp3) is 0.474. The predicted molar refractivity (Wildman–Crippen MR) is 108 cm³/mol. The van der Waals surface area contributed by atoms with Crippen LogP contribution in [0.15, 0.2) is 30.5 Å². The second kappa shape index (κ2) is 7.80. The monoisotopic (exact) mass is 477 g/mol. The van der Waals surface area contributed by atoms with E-state index in [-0.39, 0.29) is 49.4 Å². The summed E-state index contributed by atoms with van der Waals surface area (Å²) < 4.78 is 91.1. The third kappa shape index (κ3) is 4.93. The number of hydrogen-bond acceptors (Lipinski definition) is 6. The lowest BCUT2D eigenvalue weighted by Gasteiger charge is -2.37. The Balaban J connectivity index is 1.64. The maximum Gasteiger partial charge on any atom is 0.416 e. The maximum absolute atomic E-state index is 13.7. The molecule has 0 radical (unpaired) electrons. The molecule has 0 aliphatic carbocycles. The van der Waals surface area contributed by atoms with E-state index < -0.39 is 34.2 Å². The molecule has 0 bridgehead atoms. The largest absolute Gasteiger partial charge is 0.416 e. The Morgan fingerprint density at radius 2 is 1.88 bits per heavy atom. The second-order valence-electron chi connectivity index (χ2n) is 8.00. The van der Waals surface area contributed by atoms with Crippen molar-refractivity contribution in [3.63, 3.8) is 0 Å². The molecule has 13 heteroatoms. The molecule has 32 heavy (non-hydrogen) atoms. The second-order valence-corrected chi connectivity index (χ2v) is 9.98. The van der Waals surface area contributed by atoms with E-state index in [0.29, 0.717) is 5.56 Å². The molecule has 0 amide bonds. The summed E-state index contributed by atoms with van der Waals surface area (Å²) in [5.41, 5.74) is -0.243. The Hall–Kier alpha value is -2.54. The topological polar surface area (TPSA) is 78.4 Å². The van der Waals surface area contributed by atoms with Crippen LogP contribution in [0.5, 0.6) is 0 Å². The summed E-state index contributed by atoms with van der Waals surface area (Å²) in [4.78, 5) is 9.59. The summed E-state index contributed by atoms with van der Waals surface area (Å²) in [7, 11) is -3.35. The number of sulfonamides is 1. The van der Waals surface area contributed by atoms with Crippen LogP contribution >= 0.6 is 0 Å². The molecule has 0 atom stereocenters. The van der Waals surface area contributed by atoms with E-state index in [9.17, 15) is 30.4 Å². The fourth-order valence-corrected chi connectivity index (χ4v) is 4.56. The first-order valence-corrected chi connectivity index (χ1v) is 11.6. The normalized spacial score (nSPS) is 19.8. The molecule has 2 fully saturated rings. The van der Waals surface area contributed by atoms with E-state index in [4.69, 9.17) is 0 Å². The smallest absolute Gasteiger partial charge is 0.350 e. The number of anilines is 3. The lowest BCUT2D eigenvalue weighted by atomic mass is 9.94. The van der Waals surface area contributed by atoms with Gasteiger partial charge in [0, 0.05) is 38.2 Å². The first-order valence-electron chi connectivity index (χ1n) is 9.70. The van der Waals surface area contributed by atoms with Crippen molar-refractivity contribution in [2.45, 2.75) is 24.4 Å². The standard InChI is InChI=1S/C19H20F5N5O2S/c1-32(30,31)29-9-13(10-29)12-6-16(26-15-8-14(2-4-25-15)19(22,23)24)27-17(7-12)28-5-3-18(20,21)11-28/h2,4,6-8,13H,3,5,9-11H2,1H3,(H,25,26,27). The van der Waals surface area contributed by atoms with Crippen LogP contribution in [-0.2, 0) is 16.2 Å². The number of nitrogens with zero attached hydrogens (tertiary/aromatic N) is 4. The summed E-state index contributed by atoms with van der Waals surface area (Å²) >= 11 is 0. The molecule has 1 N–H and O–H groups in total. The highest BCUT2D eigenvalue weighted by Gasteiger charge is 2.40. The van der Waals surface area contributed by atoms with Crippen molar-refractivity contribution in [3.05, 3.63) is 41.6 Å². The molecule has 4 rings (SSSR count). The Morgan fingerprint density at radius 3 is 2.47 bits per heavy atom. The minimum absolute atomic E-state index is 0.0742. The molecule has 7 nitrogen and oxygen atoms in total. The highest BCUT2D eigenvalue weighted by molar-refractivity contribution is 7.88. The molecule has 2 aromatic rings. The molecule has 2 saturated heterocycles. The van der Waals surface area contributed by atoms with E-state index >= 15 is 0 Å². The van der Waals surface area contributed by atoms with Crippen molar-refractivity contribution < 1.29 is 30.4 Å². The molecule has 0 aromatic carbocycles. The van der Waals surface area contributed by atoms with Gasteiger partial charge in [0.15, 0.2) is 0 Å². The fourth-order valence-electron chi connectivity index (χ4n) is 3.66. The van der Waals surface area contributed by atoms with Crippen LogP contribution in [0, 0.1) is 0 Å². The summed E-state index contributed by atoms with van der Waals surface area (Å²) in [5, 5.41) is 2.72. The zero-order chi connectivity index (χ0) is 23.3. The molecule has 174 valence electrons. The van der Waals surface area contributed by atoms with E-state index in [2.05, 4.69) is 15.3 Å². The first kappa shape index (κ1) is 22.6. The average Bonchev–Trinajstić information content (AvgIpc) is 2.98.